The third-order valence-electron chi connectivity index (χ3n) is 5.31. The molecule has 2 fully saturated rings. The fourth-order valence-electron chi connectivity index (χ4n) is 3.72. The summed E-state index contributed by atoms with van der Waals surface area (Å²) in [5.74, 6) is 1.03. The number of benzene rings is 1. The number of nitrogens with one attached hydrogen (secondary N) is 2. The van der Waals surface area contributed by atoms with Gasteiger partial charge in [0.25, 0.3) is 0 Å². The van der Waals surface area contributed by atoms with Crippen molar-refractivity contribution >= 4 is 39.8 Å². The van der Waals surface area contributed by atoms with E-state index in [9.17, 15) is 12.8 Å². The molecule has 1 aromatic rings. The lowest BCUT2D eigenvalue weighted by Gasteiger charge is -2.35. The molecule has 2 saturated heterocycles. The molecule has 0 radical (unpaired) electrons. The minimum absolute atomic E-state index is 0. The Morgan fingerprint density at radius 2 is 1.97 bits per heavy atom. The van der Waals surface area contributed by atoms with Crippen molar-refractivity contribution in [1.82, 2.24) is 15.5 Å². The van der Waals surface area contributed by atoms with Crippen LogP contribution in [0.1, 0.15) is 18.0 Å². The Labute approximate surface area is 189 Å². The monoisotopic (exact) mass is 540 g/mol. The van der Waals surface area contributed by atoms with Crippen molar-refractivity contribution < 1.29 is 17.5 Å². The molecule has 0 aliphatic carbocycles. The van der Waals surface area contributed by atoms with Crippen molar-refractivity contribution in [3.05, 3.63) is 35.6 Å². The molecule has 7 nitrogen and oxygen atoms in total. The standard InChI is InChI=1S/C19H29FN4O3S.HI/c1-21-19(22-12-15-6-11-28(25,26)14-15)23-13-18(24-7-9-27-10-8-24)16-2-4-17(20)5-3-16;/h2-5,15,18H,6-14H2,1H3,(H2,21,22,23);1H. The molecule has 2 atom stereocenters. The Hall–Kier alpha value is -0.980. The molecule has 164 valence electrons. The zero-order valence-corrected chi connectivity index (χ0v) is 19.8. The van der Waals surface area contributed by atoms with Crippen molar-refractivity contribution in [2.24, 2.45) is 10.9 Å². The van der Waals surface area contributed by atoms with E-state index in [1.165, 1.54) is 12.1 Å². The molecule has 0 aromatic heterocycles. The summed E-state index contributed by atoms with van der Waals surface area (Å²) in [5.41, 5.74) is 1.04. The van der Waals surface area contributed by atoms with Crippen LogP contribution < -0.4 is 10.6 Å². The molecule has 0 spiro atoms. The van der Waals surface area contributed by atoms with E-state index in [0.29, 0.717) is 38.7 Å². The maximum Gasteiger partial charge on any atom is 0.191 e. The van der Waals surface area contributed by atoms with Gasteiger partial charge in [-0.25, -0.2) is 12.8 Å². The predicted molar refractivity (Wildman–Crippen MR) is 123 cm³/mol. The molecule has 0 amide bonds. The Balaban J connectivity index is 0.00000300. The second-order valence-electron chi connectivity index (χ2n) is 7.32. The Morgan fingerprint density at radius 1 is 1.28 bits per heavy atom. The van der Waals surface area contributed by atoms with Gasteiger partial charge in [0, 0.05) is 33.2 Å². The van der Waals surface area contributed by atoms with Gasteiger partial charge < -0.3 is 15.4 Å². The van der Waals surface area contributed by atoms with Crippen LogP contribution in [0.25, 0.3) is 0 Å². The molecule has 10 heteroatoms. The van der Waals surface area contributed by atoms with Gasteiger partial charge in [-0.05, 0) is 30.0 Å². The molecule has 2 aliphatic heterocycles. The number of rotatable bonds is 6. The highest BCUT2D eigenvalue weighted by molar-refractivity contribution is 14.0. The number of morpholine rings is 1. The third kappa shape index (κ3) is 7.34. The highest BCUT2D eigenvalue weighted by Gasteiger charge is 2.28. The summed E-state index contributed by atoms with van der Waals surface area (Å²) in [7, 11) is -1.18. The first-order valence-corrected chi connectivity index (χ1v) is 11.5. The third-order valence-corrected chi connectivity index (χ3v) is 7.15. The number of aliphatic imine (C=N–C) groups is 1. The van der Waals surface area contributed by atoms with E-state index in [4.69, 9.17) is 4.74 Å². The fraction of sp³-hybridized carbons (Fsp3) is 0.632. The van der Waals surface area contributed by atoms with Crippen molar-refractivity contribution in [3.63, 3.8) is 0 Å². The summed E-state index contributed by atoms with van der Waals surface area (Å²) >= 11 is 0. The topological polar surface area (TPSA) is 83.0 Å². The number of hydrogen-bond donors (Lipinski definition) is 2. The summed E-state index contributed by atoms with van der Waals surface area (Å²) in [5, 5.41) is 6.58. The number of ether oxygens (including phenoxy) is 1. The van der Waals surface area contributed by atoms with Gasteiger partial charge >= 0.3 is 0 Å². The maximum absolute atomic E-state index is 13.3. The first-order chi connectivity index (χ1) is 13.5. The molecule has 1 aromatic carbocycles. The van der Waals surface area contributed by atoms with Crippen molar-refractivity contribution in [3.8, 4) is 0 Å². The van der Waals surface area contributed by atoms with Gasteiger partial charge in [-0.2, -0.15) is 0 Å². The van der Waals surface area contributed by atoms with E-state index >= 15 is 0 Å². The second kappa shape index (κ2) is 11.4. The molecular weight excluding hydrogens is 510 g/mol. The van der Waals surface area contributed by atoms with Crippen LogP contribution in [0.2, 0.25) is 0 Å². The molecule has 0 bridgehead atoms. The highest BCUT2D eigenvalue weighted by atomic mass is 127. The summed E-state index contributed by atoms with van der Waals surface area (Å²) in [6, 6.07) is 6.66. The molecule has 29 heavy (non-hydrogen) atoms. The first-order valence-electron chi connectivity index (χ1n) is 9.69. The highest BCUT2D eigenvalue weighted by Crippen LogP contribution is 2.22. The molecule has 2 heterocycles. The lowest BCUT2D eigenvalue weighted by molar-refractivity contribution is 0.0170. The lowest BCUT2D eigenvalue weighted by Crippen LogP contribution is -2.47. The quantitative estimate of drug-likeness (QED) is 0.323. The molecule has 2 N–H and O–H groups in total. The lowest BCUT2D eigenvalue weighted by atomic mass is 10.0. The van der Waals surface area contributed by atoms with E-state index in [1.807, 2.05) is 12.1 Å². The SMILES string of the molecule is CN=C(NCC1CCS(=O)(=O)C1)NCC(c1ccc(F)cc1)N1CCOCC1.I. The summed E-state index contributed by atoms with van der Waals surface area (Å²) in [6.45, 7) is 4.18. The van der Waals surface area contributed by atoms with Gasteiger partial charge in [-0.3, -0.25) is 9.89 Å². The van der Waals surface area contributed by atoms with Gasteiger partial charge in [0.05, 0.1) is 30.8 Å². The van der Waals surface area contributed by atoms with Gasteiger partial charge in [0.15, 0.2) is 15.8 Å². The van der Waals surface area contributed by atoms with Crippen molar-refractivity contribution in [2.45, 2.75) is 12.5 Å². The van der Waals surface area contributed by atoms with Gasteiger partial charge in [0.2, 0.25) is 0 Å². The Morgan fingerprint density at radius 3 is 2.55 bits per heavy atom. The fourth-order valence-corrected chi connectivity index (χ4v) is 5.58. The van der Waals surface area contributed by atoms with Gasteiger partial charge in [0.1, 0.15) is 5.82 Å². The van der Waals surface area contributed by atoms with Crippen LogP contribution >= 0.6 is 24.0 Å². The van der Waals surface area contributed by atoms with E-state index < -0.39 is 9.84 Å². The number of hydrogen-bond acceptors (Lipinski definition) is 5. The van der Waals surface area contributed by atoms with Crippen LogP contribution in [-0.2, 0) is 14.6 Å². The molecule has 0 saturated carbocycles. The Kier molecular flexibility index (Phi) is 9.57. The molecule has 2 unspecified atom stereocenters. The molecular formula is C19H30FIN4O3S. The van der Waals surface area contributed by atoms with E-state index in [2.05, 4.69) is 20.5 Å². The van der Waals surface area contributed by atoms with Crippen LogP contribution in [0, 0.1) is 11.7 Å². The van der Waals surface area contributed by atoms with Crippen LogP contribution in [0.15, 0.2) is 29.3 Å². The minimum Gasteiger partial charge on any atom is -0.379 e. The minimum atomic E-state index is -2.88. The number of sulfone groups is 1. The average Bonchev–Trinajstić information content (AvgIpc) is 3.05. The zero-order valence-electron chi connectivity index (χ0n) is 16.6. The first kappa shape index (κ1) is 24.3. The Bertz CT molecular complexity index is 770. The largest absolute Gasteiger partial charge is 0.379 e. The van der Waals surface area contributed by atoms with Gasteiger partial charge in [-0.15, -0.1) is 24.0 Å². The number of guanidine groups is 1. The molecule has 3 rings (SSSR count). The van der Waals surface area contributed by atoms with Crippen molar-refractivity contribution in [1.29, 1.82) is 0 Å². The summed E-state index contributed by atoms with van der Waals surface area (Å²) in [4.78, 5) is 6.57. The van der Waals surface area contributed by atoms with Crippen LogP contribution in [0.4, 0.5) is 4.39 Å². The van der Waals surface area contributed by atoms with Crippen LogP contribution in [0.3, 0.4) is 0 Å². The number of halogens is 2. The normalized spacial score (nSPS) is 23.2. The average molecular weight is 540 g/mol. The summed E-state index contributed by atoms with van der Waals surface area (Å²) < 4.78 is 42.0. The van der Waals surface area contributed by atoms with E-state index in [-0.39, 0.29) is 53.3 Å². The van der Waals surface area contributed by atoms with Gasteiger partial charge in [-0.1, -0.05) is 12.1 Å². The predicted octanol–water partition coefficient (Wildman–Crippen LogP) is 1.42. The van der Waals surface area contributed by atoms with Crippen LogP contribution in [-0.4, -0.2) is 77.2 Å². The van der Waals surface area contributed by atoms with Crippen LogP contribution in [0.5, 0.6) is 0 Å². The molecule has 2 aliphatic rings. The maximum atomic E-state index is 13.3. The van der Waals surface area contributed by atoms with Crippen molar-refractivity contribution in [2.75, 3.05) is 57.9 Å². The van der Waals surface area contributed by atoms with E-state index in [1.54, 1.807) is 7.05 Å². The second-order valence-corrected chi connectivity index (χ2v) is 9.55. The smallest absolute Gasteiger partial charge is 0.191 e. The summed E-state index contributed by atoms with van der Waals surface area (Å²) in [6.07, 6.45) is 0.693. The zero-order chi connectivity index (χ0) is 20.0. The number of nitrogens with zero attached hydrogens (tertiary/aromatic N) is 2. The van der Waals surface area contributed by atoms with E-state index in [0.717, 1.165) is 18.7 Å².